The van der Waals surface area contributed by atoms with E-state index in [0.29, 0.717) is 19.2 Å². The fraction of sp³-hybridized carbons (Fsp3) is 0.333. The van der Waals surface area contributed by atoms with Crippen molar-refractivity contribution in [3.63, 3.8) is 0 Å². The number of rotatable bonds is 3. The Morgan fingerprint density at radius 3 is 3.00 bits per heavy atom. The van der Waals surface area contributed by atoms with Crippen LogP contribution >= 0.6 is 0 Å². The van der Waals surface area contributed by atoms with Gasteiger partial charge in [-0.15, -0.1) is 0 Å². The summed E-state index contributed by atoms with van der Waals surface area (Å²) >= 11 is 0. The molecule has 0 saturated carbocycles. The fourth-order valence-corrected chi connectivity index (χ4v) is 2.51. The Morgan fingerprint density at radius 1 is 1.40 bits per heavy atom. The van der Waals surface area contributed by atoms with E-state index in [4.69, 9.17) is 4.74 Å². The third-order valence-electron chi connectivity index (χ3n) is 3.52. The summed E-state index contributed by atoms with van der Waals surface area (Å²) in [4.78, 5) is 21.3. The van der Waals surface area contributed by atoms with Crippen LogP contribution in [0, 0.1) is 0 Å². The monoisotopic (exact) mass is 271 g/mol. The number of nitrogens with zero attached hydrogens (tertiary/aromatic N) is 2. The van der Waals surface area contributed by atoms with Crippen molar-refractivity contribution in [2.24, 2.45) is 0 Å². The number of aromatic nitrogens is 2. The largest absolute Gasteiger partial charge is 0.361 e. The summed E-state index contributed by atoms with van der Waals surface area (Å²) in [5, 5.41) is 0. The van der Waals surface area contributed by atoms with Gasteiger partial charge in [0.25, 0.3) is 0 Å². The molecule has 0 aliphatic carbocycles. The first-order valence-corrected chi connectivity index (χ1v) is 6.75. The van der Waals surface area contributed by atoms with Gasteiger partial charge in [-0.1, -0.05) is 30.3 Å². The maximum Gasteiger partial charge on any atom is 0.232 e. The maximum absolute atomic E-state index is 12.4. The number of hydrogen-bond acceptors (Lipinski definition) is 3. The van der Waals surface area contributed by atoms with E-state index in [1.807, 2.05) is 18.2 Å². The molecule has 1 aliphatic heterocycles. The molecule has 20 heavy (non-hydrogen) atoms. The average molecular weight is 271 g/mol. The highest BCUT2D eigenvalue weighted by Gasteiger charge is 2.28. The fourth-order valence-electron chi connectivity index (χ4n) is 2.51. The average Bonchev–Trinajstić information content (AvgIpc) is 3.01. The number of nitrogens with one attached hydrogen (secondary N) is 1. The highest BCUT2D eigenvalue weighted by molar-refractivity contribution is 5.78. The second kappa shape index (κ2) is 5.88. The van der Waals surface area contributed by atoms with Crippen molar-refractivity contribution in [2.45, 2.75) is 18.9 Å². The minimum Gasteiger partial charge on any atom is -0.361 e. The van der Waals surface area contributed by atoms with Gasteiger partial charge in [-0.25, -0.2) is 4.98 Å². The highest BCUT2D eigenvalue weighted by Crippen LogP contribution is 2.27. The molecule has 1 aliphatic rings. The van der Waals surface area contributed by atoms with Gasteiger partial charge in [0.1, 0.15) is 12.6 Å². The number of hydrogen-bond donors (Lipinski definition) is 1. The Bertz CT molecular complexity index is 554. The second-order valence-electron chi connectivity index (χ2n) is 4.83. The van der Waals surface area contributed by atoms with Crippen LogP contribution in [0.4, 0.5) is 0 Å². The molecule has 0 radical (unpaired) electrons. The van der Waals surface area contributed by atoms with E-state index in [1.165, 1.54) is 0 Å². The van der Waals surface area contributed by atoms with Crippen molar-refractivity contribution < 1.29 is 9.53 Å². The Kier molecular flexibility index (Phi) is 3.78. The summed E-state index contributed by atoms with van der Waals surface area (Å²) in [5.41, 5.74) is 1.16. The van der Waals surface area contributed by atoms with Gasteiger partial charge >= 0.3 is 0 Å². The minimum atomic E-state index is 0.0357. The molecule has 0 spiro atoms. The number of imidazole rings is 1. The van der Waals surface area contributed by atoms with Crippen LogP contribution in [0.1, 0.15) is 23.9 Å². The standard InChI is InChI=1S/C15H17N3O2/c19-15(10-14-16-7-8-17-14)18-11-20-9-6-13(18)12-4-2-1-3-5-12/h1-5,7-8,13H,6,9-11H2,(H,16,17). The Hall–Kier alpha value is -2.14. The zero-order chi connectivity index (χ0) is 13.8. The van der Waals surface area contributed by atoms with Gasteiger partial charge in [0, 0.05) is 12.4 Å². The first kappa shape index (κ1) is 12.9. The van der Waals surface area contributed by atoms with E-state index in [9.17, 15) is 4.79 Å². The number of carbonyl (C=O) groups excluding carboxylic acids is 1. The molecule has 1 atom stereocenters. The number of benzene rings is 1. The molecule has 2 aromatic rings. The molecule has 0 bridgehead atoms. The molecule has 1 fully saturated rings. The van der Waals surface area contributed by atoms with E-state index in [-0.39, 0.29) is 18.4 Å². The van der Waals surface area contributed by atoms with Crippen LogP contribution in [-0.4, -0.2) is 34.1 Å². The van der Waals surface area contributed by atoms with E-state index in [1.54, 1.807) is 17.3 Å². The van der Waals surface area contributed by atoms with E-state index >= 15 is 0 Å². The van der Waals surface area contributed by atoms with Gasteiger partial charge in [-0.3, -0.25) is 4.79 Å². The van der Waals surface area contributed by atoms with Gasteiger partial charge in [-0.2, -0.15) is 0 Å². The number of H-pyrrole nitrogens is 1. The van der Waals surface area contributed by atoms with E-state index in [0.717, 1.165) is 12.0 Å². The zero-order valence-electron chi connectivity index (χ0n) is 11.2. The van der Waals surface area contributed by atoms with Crippen LogP contribution in [0.2, 0.25) is 0 Å². The highest BCUT2D eigenvalue weighted by atomic mass is 16.5. The van der Waals surface area contributed by atoms with E-state index in [2.05, 4.69) is 22.1 Å². The van der Waals surface area contributed by atoms with Crippen LogP contribution in [0.5, 0.6) is 0 Å². The van der Waals surface area contributed by atoms with Crippen LogP contribution in [0.15, 0.2) is 42.7 Å². The number of amides is 1. The van der Waals surface area contributed by atoms with Crippen molar-refractivity contribution in [2.75, 3.05) is 13.3 Å². The third-order valence-corrected chi connectivity index (χ3v) is 3.52. The lowest BCUT2D eigenvalue weighted by molar-refractivity contribution is -0.146. The molecule has 1 N–H and O–H groups in total. The third kappa shape index (κ3) is 2.72. The van der Waals surface area contributed by atoms with Gasteiger partial charge in [0.15, 0.2) is 0 Å². The summed E-state index contributed by atoms with van der Waals surface area (Å²) < 4.78 is 5.45. The van der Waals surface area contributed by atoms with Crippen molar-refractivity contribution in [3.8, 4) is 0 Å². The molecule has 1 unspecified atom stereocenters. The van der Waals surface area contributed by atoms with Crippen molar-refractivity contribution >= 4 is 5.91 Å². The van der Waals surface area contributed by atoms with Gasteiger partial charge < -0.3 is 14.6 Å². The summed E-state index contributed by atoms with van der Waals surface area (Å²) in [6.45, 7) is 1.03. The molecule has 3 rings (SSSR count). The lowest BCUT2D eigenvalue weighted by atomic mass is 10.0. The van der Waals surface area contributed by atoms with Crippen LogP contribution in [0.3, 0.4) is 0 Å². The normalized spacial score (nSPS) is 19.0. The summed E-state index contributed by atoms with van der Waals surface area (Å²) in [6.07, 6.45) is 4.49. The molecule has 1 aromatic heterocycles. The Labute approximate surface area is 117 Å². The summed E-state index contributed by atoms with van der Waals surface area (Å²) in [7, 11) is 0. The lowest BCUT2D eigenvalue weighted by Gasteiger charge is -2.35. The number of aromatic amines is 1. The topological polar surface area (TPSA) is 58.2 Å². The van der Waals surface area contributed by atoms with Gasteiger partial charge in [-0.05, 0) is 12.0 Å². The van der Waals surface area contributed by atoms with E-state index < -0.39 is 0 Å². The first-order chi connectivity index (χ1) is 9.84. The summed E-state index contributed by atoms with van der Waals surface area (Å²) in [5.74, 6) is 0.723. The van der Waals surface area contributed by atoms with Crippen molar-refractivity contribution in [1.82, 2.24) is 14.9 Å². The van der Waals surface area contributed by atoms with Crippen LogP contribution in [-0.2, 0) is 16.0 Å². The van der Waals surface area contributed by atoms with Crippen LogP contribution < -0.4 is 0 Å². The predicted octanol–water partition coefficient (Wildman–Crippen LogP) is 1.90. The molecular weight excluding hydrogens is 254 g/mol. The van der Waals surface area contributed by atoms with Crippen LogP contribution in [0.25, 0.3) is 0 Å². The lowest BCUT2D eigenvalue weighted by Crippen LogP contribution is -2.41. The molecule has 1 amide bonds. The Balaban J connectivity index is 1.77. The smallest absolute Gasteiger partial charge is 0.232 e. The minimum absolute atomic E-state index is 0.0357. The Morgan fingerprint density at radius 2 is 2.25 bits per heavy atom. The molecule has 2 heterocycles. The molecule has 5 heteroatoms. The van der Waals surface area contributed by atoms with Gasteiger partial charge in [0.2, 0.25) is 5.91 Å². The second-order valence-corrected chi connectivity index (χ2v) is 4.83. The van der Waals surface area contributed by atoms with Crippen molar-refractivity contribution in [1.29, 1.82) is 0 Å². The quantitative estimate of drug-likeness (QED) is 0.927. The predicted molar refractivity (Wildman–Crippen MR) is 73.8 cm³/mol. The number of carbonyl (C=O) groups is 1. The molecule has 1 aromatic carbocycles. The van der Waals surface area contributed by atoms with Gasteiger partial charge in [0.05, 0.1) is 19.1 Å². The molecule has 1 saturated heterocycles. The maximum atomic E-state index is 12.4. The first-order valence-electron chi connectivity index (χ1n) is 6.75. The molecule has 104 valence electrons. The zero-order valence-corrected chi connectivity index (χ0v) is 11.2. The molecule has 5 nitrogen and oxygen atoms in total. The number of ether oxygens (including phenoxy) is 1. The summed E-state index contributed by atoms with van der Waals surface area (Å²) in [6, 6.07) is 10.2. The molecular formula is C15H17N3O2. The van der Waals surface area contributed by atoms with Crippen molar-refractivity contribution in [3.05, 3.63) is 54.1 Å². The SMILES string of the molecule is O=C(Cc1ncc[nH]1)N1COCCC1c1ccccc1.